The van der Waals surface area contributed by atoms with Gasteiger partial charge >= 0.3 is 6.18 Å². The Morgan fingerprint density at radius 3 is 2.63 bits per heavy atom. The van der Waals surface area contributed by atoms with Gasteiger partial charge in [0.15, 0.2) is 0 Å². The maximum atomic E-state index is 12.9. The number of nitrogens with zero attached hydrogens (tertiary/aromatic N) is 1. The summed E-state index contributed by atoms with van der Waals surface area (Å²) in [6.45, 7) is 2.31. The Balaban J connectivity index is 1.35. The Labute approximate surface area is 158 Å². The van der Waals surface area contributed by atoms with Gasteiger partial charge in [-0.1, -0.05) is 31.0 Å². The molecule has 1 aromatic carbocycles. The highest BCUT2D eigenvalue weighted by Gasteiger charge is 2.43. The SMILES string of the molecule is O=C(N[C@@H]1CC[C@@H]2CN(Cc3cccc(C(F)(F)F)c3)C[C@H]21)C1CCCC1. The number of nitrogens with one attached hydrogen (secondary N) is 1. The topological polar surface area (TPSA) is 32.3 Å². The first-order valence-corrected chi connectivity index (χ1v) is 10.1. The van der Waals surface area contributed by atoms with Crippen LogP contribution in [0.15, 0.2) is 24.3 Å². The molecule has 1 heterocycles. The van der Waals surface area contributed by atoms with Gasteiger partial charge in [-0.3, -0.25) is 9.69 Å². The lowest BCUT2D eigenvalue weighted by molar-refractivity contribution is -0.137. The molecule has 0 bridgehead atoms. The van der Waals surface area contributed by atoms with E-state index in [4.69, 9.17) is 0 Å². The summed E-state index contributed by atoms with van der Waals surface area (Å²) >= 11 is 0. The van der Waals surface area contributed by atoms with Crippen LogP contribution in [0.2, 0.25) is 0 Å². The zero-order chi connectivity index (χ0) is 19.0. The number of hydrogen-bond acceptors (Lipinski definition) is 2. The van der Waals surface area contributed by atoms with Crippen molar-refractivity contribution in [3.63, 3.8) is 0 Å². The number of halogens is 3. The molecule has 2 saturated carbocycles. The molecule has 0 radical (unpaired) electrons. The molecule has 3 aliphatic rings. The summed E-state index contributed by atoms with van der Waals surface area (Å²) in [6.07, 6.45) is 2.15. The van der Waals surface area contributed by atoms with Gasteiger partial charge in [-0.05, 0) is 49.1 Å². The van der Waals surface area contributed by atoms with Gasteiger partial charge < -0.3 is 5.32 Å². The summed E-state index contributed by atoms with van der Waals surface area (Å²) in [6, 6.07) is 5.86. The van der Waals surface area contributed by atoms with Crippen LogP contribution in [0.5, 0.6) is 0 Å². The minimum atomic E-state index is -4.30. The molecule has 1 N–H and O–H groups in total. The van der Waals surface area contributed by atoms with Gasteiger partial charge in [0, 0.05) is 31.6 Å². The summed E-state index contributed by atoms with van der Waals surface area (Å²) in [4.78, 5) is 14.7. The van der Waals surface area contributed by atoms with Gasteiger partial charge in [0.2, 0.25) is 5.91 Å². The predicted octanol–water partition coefficient (Wildman–Crippen LogP) is 4.22. The van der Waals surface area contributed by atoms with Crippen molar-refractivity contribution >= 4 is 5.91 Å². The Morgan fingerprint density at radius 2 is 1.89 bits per heavy atom. The van der Waals surface area contributed by atoms with Gasteiger partial charge in [-0.2, -0.15) is 13.2 Å². The number of hydrogen-bond donors (Lipinski definition) is 1. The van der Waals surface area contributed by atoms with E-state index < -0.39 is 11.7 Å². The third-order valence-electron chi connectivity index (χ3n) is 6.65. The molecule has 1 amide bonds. The lowest BCUT2D eigenvalue weighted by Gasteiger charge is -2.23. The van der Waals surface area contributed by atoms with Gasteiger partial charge in [0.1, 0.15) is 0 Å². The normalized spacial score (nSPS) is 29.2. The molecule has 6 heteroatoms. The summed E-state index contributed by atoms with van der Waals surface area (Å²) in [7, 11) is 0. The molecule has 1 saturated heterocycles. The number of rotatable bonds is 4. The van der Waals surface area contributed by atoms with Crippen molar-refractivity contribution < 1.29 is 18.0 Å². The first kappa shape index (κ1) is 18.8. The molecule has 2 aliphatic carbocycles. The molecule has 3 nitrogen and oxygen atoms in total. The summed E-state index contributed by atoms with van der Waals surface area (Å²) in [5, 5.41) is 3.29. The number of likely N-dealkylation sites (tertiary alicyclic amines) is 1. The lowest BCUT2D eigenvalue weighted by atomic mass is 9.97. The van der Waals surface area contributed by atoms with Crippen molar-refractivity contribution in [3.05, 3.63) is 35.4 Å². The minimum absolute atomic E-state index is 0.187. The van der Waals surface area contributed by atoms with E-state index in [0.29, 0.717) is 23.9 Å². The van der Waals surface area contributed by atoms with Gasteiger partial charge in [0.25, 0.3) is 0 Å². The van der Waals surface area contributed by atoms with E-state index in [2.05, 4.69) is 10.2 Å². The van der Waals surface area contributed by atoms with Crippen LogP contribution in [-0.2, 0) is 17.5 Å². The monoisotopic (exact) mass is 380 g/mol. The predicted molar refractivity (Wildman–Crippen MR) is 96.8 cm³/mol. The Kier molecular flexibility index (Phi) is 5.19. The van der Waals surface area contributed by atoms with Crippen molar-refractivity contribution in [2.45, 2.75) is 57.3 Å². The highest BCUT2D eigenvalue weighted by atomic mass is 19.4. The molecule has 1 aromatic rings. The zero-order valence-corrected chi connectivity index (χ0v) is 15.5. The fraction of sp³-hybridized carbons (Fsp3) is 0.667. The molecule has 3 atom stereocenters. The molecular formula is C21H27F3N2O. The lowest BCUT2D eigenvalue weighted by Crippen LogP contribution is -2.42. The zero-order valence-electron chi connectivity index (χ0n) is 15.5. The smallest absolute Gasteiger partial charge is 0.353 e. The first-order valence-electron chi connectivity index (χ1n) is 10.1. The van der Waals surface area contributed by atoms with Crippen molar-refractivity contribution in [1.29, 1.82) is 0 Å². The first-order chi connectivity index (χ1) is 12.9. The van der Waals surface area contributed by atoms with Crippen LogP contribution < -0.4 is 5.32 Å². The van der Waals surface area contributed by atoms with Gasteiger partial charge in [0.05, 0.1) is 5.56 Å². The largest absolute Gasteiger partial charge is 0.416 e. The highest BCUT2D eigenvalue weighted by molar-refractivity contribution is 5.79. The third-order valence-corrected chi connectivity index (χ3v) is 6.65. The van der Waals surface area contributed by atoms with Gasteiger partial charge in [-0.25, -0.2) is 0 Å². The second-order valence-electron chi connectivity index (χ2n) is 8.49. The number of carbonyl (C=O) groups excluding carboxylic acids is 1. The molecule has 4 rings (SSSR count). The second kappa shape index (κ2) is 7.46. The van der Waals surface area contributed by atoms with Crippen LogP contribution in [-0.4, -0.2) is 29.9 Å². The Bertz CT molecular complexity index is 684. The van der Waals surface area contributed by atoms with Gasteiger partial charge in [-0.15, -0.1) is 0 Å². The maximum absolute atomic E-state index is 12.9. The van der Waals surface area contributed by atoms with Crippen molar-refractivity contribution in [3.8, 4) is 0 Å². The van der Waals surface area contributed by atoms with Crippen LogP contribution in [0.25, 0.3) is 0 Å². The van der Waals surface area contributed by atoms with Crippen LogP contribution in [0.3, 0.4) is 0 Å². The van der Waals surface area contributed by atoms with Crippen LogP contribution >= 0.6 is 0 Å². The van der Waals surface area contributed by atoms with E-state index in [9.17, 15) is 18.0 Å². The van der Waals surface area contributed by atoms with E-state index >= 15 is 0 Å². The summed E-state index contributed by atoms with van der Waals surface area (Å²) in [5.41, 5.74) is 0.123. The molecule has 27 heavy (non-hydrogen) atoms. The molecule has 0 spiro atoms. The molecular weight excluding hydrogens is 353 g/mol. The van der Waals surface area contributed by atoms with Crippen LogP contribution in [0.4, 0.5) is 13.2 Å². The Hall–Kier alpha value is -1.56. The summed E-state index contributed by atoms with van der Waals surface area (Å²) in [5.74, 6) is 1.38. The third kappa shape index (κ3) is 4.15. The number of carbonyl (C=O) groups is 1. The highest BCUT2D eigenvalue weighted by Crippen LogP contribution is 2.39. The fourth-order valence-corrected chi connectivity index (χ4v) is 5.26. The maximum Gasteiger partial charge on any atom is 0.416 e. The van der Waals surface area contributed by atoms with E-state index in [1.807, 2.05) is 0 Å². The standard InChI is InChI=1S/C21H27F3N2O/c22-21(23,24)17-7-3-4-14(10-17)11-26-12-16-8-9-19(18(16)13-26)25-20(27)15-5-1-2-6-15/h3-4,7,10,15-16,18-19H,1-2,5-6,8-9,11-13H2,(H,25,27)/t16-,18-,19-/m1/s1. The van der Waals surface area contributed by atoms with Crippen LogP contribution in [0.1, 0.15) is 49.7 Å². The second-order valence-corrected chi connectivity index (χ2v) is 8.49. The van der Waals surface area contributed by atoms with E-state index in [1.165, 1.54) is 12.1 Å². The number of alkyl halides is 3. The van der Waals surface area contributed by atoms with Crippen molar-refractivity contribution in [2.75, 3.05) is 13.1 Å². The quantitative estimate of drug-likeness (QED) is 0.848. The molecule has 0 aromatic heterocycles. The van der Waals surface area contributed by atoms with E-state index in [1.54, 1.807) is 6.07 Å². The van der Waals surface area contributed by atoms with Crippen LogP contribution in [0, 0.1) is 17.8 Å². The van der Waals surface area contributed by atoms with E-state index in [0.717, 1.165) is 57.7 Å². The average Bonchev–Trinajstić information content (AvgIpc) is 3.33. The number of benzene rings is 1. The van der Waals surface area contributed by atoms with E-state index in [-0.39, 0.29) is 17.9 Å². The van der Waals surface area contributed by atoms with Crippen molar-refractivity contribution in [2.24, 2.45) is 17.8 Å². The number of fused-ring (bicyclic) bond motifs is 1. The Morgan fingerprint density at radius 1 is 1.11 bits per heavy atom. The van der Waals surface area contributed by atoms with Crippen molar-refractivity contribution in [1.82, 2.24) is 10.2 Å². The average molecular weight is 380 g/mol. The number of amides is 1. The molecule has 3 fully saturated rings. The molecule has 0 unspecified atom stereocenters. The minimum Gasteiger partial charge on any atom is -0.353 e. The molecule has 148 valence electrons. The fourth-order valence-electron chi connectivity index (χ4n) is 5.26. The summed E-state index contributed by atoms with van der Waals surface area (Å²) < 4.78 is 38.7. The molecule has 1 aliphatic heterocycles.